The molecule has 3 aromatic rings. The Morgan fingerprint density at radius 1 is 0.967 bits per heavy atom. The third kappa shape index (κ3) is 4.19. The third-order valence-electron chi connectivity index (χ3n) is 5.27. The van der Waals surface area contributed by atoms with E-state index < -0.39 is 0 Å². The van der Waals surface area contributed by atoms with Crippen LogP contribution in [0.3, 0.4) is 0 Å². The Morgan fingerprint density at radius 2 is 1.70 bits per heavy atom. The average Bonchev–Trinajstić information content (AvgIpc) is 2.98. The van der Waals surface area contributed by atoms with Crippen LogP contribution in [0.1, 0.15) is 22.9 Å². The van der Waals surface area contributed by atoms with E-state index >= 15 is 0 Å². The molecule has 0 N–H and O–H groups in total. The molecule has 4 rings (SSSR count). The molecule has 2 heterocycles. The zero-order valence-corrected chi connectivity index (χ0v) is 18.3. The molecule has 0 amide bonds. The molecule has 1 aliphatic rings. The van der Waals surface area contributed by atoms with E-state index in [1.54, 1.807) is 21.3 Å². The molecular weight excluding hydrogens is 396 g/mol. The third-order valence-corrected chi connectivity index (χ3v) is 6.67. The van der Waals surface area contributed by atoms with Gasteiger partial charge in [0.2, 0.25) is 5.75 Å². The maximum atomic E-state index is 5.58. The van der Waals surface area contributed by atoms with Gasteiger partial charge in [0.1, 0.15) is 0 Å². The van der Waals surface area contributed by atoms with E-state index in [1.807, 2.05) is 30.1 Å². The molecule has 1 aromatic heterocycles. The van der Waals surface area contributed by atoms with Gasteiger partial charge in [0.15, 0.2) is 11.5 Å². The van der Waals surface area contributed by atoms with Crippen LogP contribution in [0.2, 0.25) is 0 Å². The van der Waals surface area contributed by atoms with Crippen LogP contribution in [0.15, 0.2) is 65.7 Å². The number of para-hydroxylation sites is 1. The maximum absolute atomic E-state index is 5.58. The van der Waals surface area contributed by atoms with Gasteiger partial charge in [-0.3, -0.25) is 4.98 Å². The van der Waals surface area contributed by atoms with Crippen molar-refractivity contribution in [3.8, 4) is 17.2 Å². The Bertz CT molecular complexity index is 972. The number of benzene rings is 2. The molecule has 30 heavy (non-hydrogen) atoms. The molecule has 1 aliphatic heterocycles. The molecular formula is C24H26N2O3S. The quantitative estimate of drug-likeness (QED) is 0.533. The summed E-state index contributed by atoms with van der Waals surface area (Å²) < 4.78 is 16.6. The Morgan fingerprint density at radius 3 is 2.37 bits per heavy atom. The van der Waals surface area contributed by atoms with Gasteiger partial charge in [0.05, 0.1) is 39.3 Å². The highest BCUT2D eigenvalue weighted by atomic mass is 32.2. The van der Waals surface area contributed by atoms with Gasteiger partial charge in [-0.25, -0.2) is 0 Å². The van der Waals surface area contributed by atoms with E-state index in [0.29, 0.717) is 17.2 Å². The number of nitrogens with zero attached hydrogens (tertiary/aromatic N) is 2. The summed E-state index contributed by atoms with van der Waals surface area (Å²) >= 11 is 1.88. The number of ether oxygens (including phenoxy) is 3. The van der Waals surface area contributed by atoms with E-state index in [0.717, 1.165) is 25.2 Å². The van der Waals surface area contributed by atoms with Crippen molar-refractivity contribution in [2.24, 2.45) is 0 Å². The summed E-state index contributed by atoms with van der Waals surface area (Å²) in [5.74, 6) is 2.00. The van der Waals surface area contributed by atoms with E-state index in [9.17, 15) is 0 Å². The second kappa shape index (κ2) is 9.30. The van der Waals surface area contributed by atoms with Crippen LogP contribution in [-0.4, -0.2) is 32.9 Å². The number of rotatable bonds is 6. The Balaban J connectivity index is 1.67. The standard InChI is InChI=1S/C24H26N2O3S/c1-27-20-14-17(15-21(28-2)24(20)29-3)22-11-13-26(16-18-8-6-7-12-25-18)19-9-4-5-10-23(19)30-22/h4-10,12,14-15,22H,11,13,16H2,1-3H3/t22-/m0/s1. The summed E-state index contributed by atoms with van der Waals surface area (Å²) in [5, 5.41) is 0.272. The Hall–Kier alpha value is -2.86. The highest BCUT2D eigenvalue weighted by Crippen LogP contribution is 2.48. The van der Waals surface area contributed by atoms with Gasteiger partial charge in [-0.2, -0.15) is 0 Å². The van der Waals surface area contributed by atoms with Crippen molar-refractivity contribution in [1.82, 2.24) is 4.98 Å². The van der Waals surface area contributed by atoms with Crippen LogP contribution in [-0.2, 0) is 6.54 Å². The van der Waals surface area contributed by atoms with Gasteiger partial charge in [0.25, 0.3) is 0 Å². The Kier molecular flexibility index (Phi) is 6.33. The summed E-state index contributed by atoms with van der Waals surface area (Å²) in [6.45, 7) is 1.72. The fraction of sp³-hybridized carbons (Fsp3) is 0.292. The molecule has 0 aliphatic carbocycles. The molecule has 6 heteroatoms. The van der Waals surface area contributed by atoms with Crippen molar-refractivity contribution in [3.05, 3.63) is 72.1 Å². The number of methoxy groups -OCH3 is 3. The first-order chi connectivity index (χ1) is 14.7. The van der Waals surface area contributed by atoms with Crippen molar-refractivity contribution >= 4 is 17.4 Å². The monoisotopic (exact) mass is 422 g/mol. The van der Waals surface area contributed by atoms with Crippen LogP contribution in [0, 0.1) is 0 Å². The maximum Gasteiger partial charge on any atom is 0.203 e. The number of fused-ring (bicyclic) bond motifs is 1. The number of anilines is 1. The van der Waals surface area contributed by atoms with Crippen LogP contribution in [0.4, 0.5) is 5.69 Å². The van der Waals surface area contributed by atoms with E-state index in [-0.39, 0.29) is 5.25 Å². The molecule has 0 fully saturated rings. The summed E-state index contributed by atoms with van der Waals surface area (Å²) in [7, 11) is 4.95. The minimum atomic E-state index is 0.272. The van der Waals surface area contributed by atoms with Crippen molar-refractivity contribution in [3.63, 3.8) is 0 Å². The summed E-state index contributed by atoms with van der Waals surface area (Å²) in [6, 6.07) is 18.8. The molecule has 0 bridgehead atoms. The molecule has 0 spiro atoms. The lowest BCUT2D eigenvalue weighted by Crippen LogP contribution is -2.24. The smallest absolute Gasteiger partial charge is 0.203 e. The van der Waals surface area contributed by atoms with Crippen molar-refractivity contribution < 1.29 is 14.2 Å². The van der Waals surface area contributed by atoms with Crippen molar-refractivity contribution in [1.29, 1.82) is 0 Å². The number of aromatic nitrogens is 1. The van der Waals surface area contributed by atoms with Crippen molar-refractivity contribution in [2.45, 2.75) is 23.1 Å². The second-order valence-electron chi connectivity index (χ2n) is 7.06. The second-order valence-corrected chi connectivity index (χ2v) is 8.31. The lowest BCUT2D eigenvalue weighted by molar-refractivity contribution is 0.323. The molecule has 0 unspecified atom stereocenters. The highest BCUT2D eigenvalue weighted by Gasteiger charge is 2.25. The largest absolute Gasteiger partial charge is 0.493 e. The summed E-state index contributed by atoms with van der Waals surface area (Å²) in [6.07, 6.45) is 2.84. The Labute approximate surface area is 182 Å². The first-order valence-corrected chi connectivity index (χ1v) is 10.8. The zero-order chi connectivity index (χ0) is 20.9. The first kappa shape index (κ1) is 20.4. The number of hydrogen-bond donors (Lipinski definition) is 0. The van der Waals surface area contributed by atoms with Crippen LogP contribution in [0.25, 0.3) is 0 Å². The molecule has 156 valence electrons. The minimum absolute atomic E-state index is 0.272. The fourth-order valence-electron chi connectivity index (χ4n) is 3.80. The van der Waals surface area contributed by atoms with Gasteiger partial charge in [-0.15, -0.1) is 11.8 Å². The van der Waals surface area contributed by atoms with Gasteiger partial charge >= 0.3 is 0 Å². The van der Waals surface area contributed by atoms with Gasteiger partial charge in [-0.1, -0.05) is 18.2 Å². The van der Waals surface area contributed by atoms with E-state index in [2.05, 4.69) is 52.3 Å². The van der Waals surface area contributed by atoms with Gasteiger partial charge in [0, 0.05) is 22.9 Å². The predicted molar refractivity (Wildman–Crippen MR) is 121 cm³/mol. The molecule has 0 radical (unpaired) electrons. The van der Waals surface area contributed by atoms with Gasteiger partial charge < -0.3 is 19.1 Å². The molecule has 5 nitrogen and oxygen atoms in total. The number of hydrogen-bond acceptors (Lipinski definition) is 6. The van der Waals surface area contributed by atoms with E-state index in [4.69, 9.17) is 14.2 Å². The number of pyridine rings is 1. The molecule has 1 atom stereocenters. The SMILES string of the molecule is COc1cc([C@@H]2CCN(Cc3ccccn3)c3ccccc3S2)cc(OC)c1OC. The van der Waals surface area contributed by atoms with Crippen LogP contribution < -0.4 is 19.1 Å². The molecule has 0 saturated heterocycles. The first-order valence-electron chi connectivity index (χ1n) is 9.94. The lowest BCUT2D eigenvalue weighted by atomic mass is 10.1. The topological polar surface area (TPSA) is 43.8 Å². The normalized spacial score (nSPS) is 15.8. The van der Waals surface area contributed by atoms with E-state index in [1.165, 1.54) is 16.1 Å². The van der Waals surface area contributed by atoms with Crippen LogP contribution >= 0.6 is 11.8 Å². The zero-order valence-electron chi connectivity index (χ0n) is 17.5. The fourth-order valence-corrected chi connectivity index (χ4v) is 5.07. The van der Waals surface area contributed by atoms with Gasteiger partial charge in [-0.05, 0) is 48.4 Å². The minimum Gasteiger partial charge on any atom is -0.493 e. The average molecular weight is 423 g/mol. The highest BCUT2D eigenvalue weighted by molar-refractivity contribution is 7.99. The predicted octanol–water partition coefficient (Wildman–Crippen LogP) is 5.35. The lowest BCUT2D eigenvalue weighted by Gasteiger charge is -2.24. The summed E-state index contributed by atoms with van der Waals surface area (Å²) in [5.41, 5.74) is 3.50. The van der Waals surface area contributed by atoms with Crippen LogP contribution in [0.5, 0.6) is 17.2 Å². The van der Waals surface area contributed by atoms with Crippen molar-refractivity contribution in [2.75, 3.05) is 32.8 Å². The molecule has 0 saturated carbocycles. The number of thioether (sulfide) groups is 1. The molecule has 2 aromatic carbocycles. The summed E-state index contributed by atoms with van der Waals surface area (Å²) in [4.78, 5) is 8.21.